The average Bonchev–Trinajstić information content (AvgIpc) is 2.59. The van der Waals surface area contributed by atoms with Gasteiger partial charge in [-0.05, 0) is 24.3 Å². The number of nitrogens with zero attached hydrogens (tertiary/aromatic N) is 1. The molecule has 22 heavy (non-hydrogen) atoms. The van der Waals surface area contributed by atoms with E-state index in [0.29, 0.717) is 11.1 Å². The van der Waals surface area contributed by atoms with Crippen molar-refractivity contribution in [2.24, 2.45) is 0 Å². The number of pyridine rings is 1. The smallest absolute Gasteiger partial charge is 0.340 e. The largest absolute Gasteiger partial charge is 0.465 e. The van der Waals surface area contributed by atoms with Crippen LogP contribution in [0.2, 0.25) is 0 Å². The van der Waals surface area contributed by atoms with Crippen LogP contribution in [0.5, 0.6) is 0 Å². The number of esters is 2. The van der Waals surface area contributed by atoms with Crippen LogP contribution < -0.4 is 0 Å². The minimum Gasteiger partial charge on any atom is -0.465 e. The summed E-state index contributed by atoms with van der Waals surface area (Å²) in [6.45, 7) is 0. The van der Waals surface area contributed by atoms with E-state index >= 15 is 0 Å². The Morgan fingerprint density at radius 3 is 2.05 bits per heavy atom. The highest BCUT2D eigenvalue weighted by atomic mass is 16.5. The van der Waals surface area contributed by atoms with E-state index in [1.807, 2.05) is 0 Å². The number of hydrogen-bond acceptors (Lipinski definition) is 6. The third-order valence-electron chi connectivity index (χ3n) is 3.00. The normalized spacial score (nSPS) is 9.91. The highest BCUT2D eigenvalue weighted by Gasteiger charge is 2.20. The Kier molecular flexibility index (Phi) is 4.63. The van der Waals surface area contributed by atoms with Gasteiger partial charge in [0.2, 0.25) is 5.78 Å². The van der Waals surface area contributed by atoms with Gasteiger partial charge in [0.1, 0.15) is 5.69 Å². The van der Waals surface area contributed by atoms with Crippen molar-refractivity contribution in [2.75, 3.05) is 14.2 Å². The fourth-order valence-corrected chi connectivity index (χ4v) is 1.87. The summed E-state index contributed by atoms with van der Waals surface area (Å²) < 4.78 is 9.22. The Labute approximate surface area is 126 Å². The Morgan fingerprint density at radius 1 is 0.864 bits per heavy atom. The van der Waals surface area contributed by atoms with Crippen LogP contribution in [0.15, 0.2) is 42.6 Å². The number of hydrogen-bond donors (Lipinski definition) is 0. The summed E-state index contributed by atoms with van der Waals surface area (Å²) in [5, 5.41) is 0. The lowest BCUT2D eigenvalue weighted by Gasteiger charge is -2.06. The molecule has 0 atom stereocenters. The molecule has 0 N–H and O–H groups in total. The van der Waals surface area contributed by atoms with E-state index in [4.69, 9.17) is 0 Å². The number of methoxy groups -OCH3 is 2. The molecular weight excluding hydrogens is 286 g/mol. The first-order chi connectivity index (χ1) is 10.6. The summed E-state index contributed by atoms with van der Waals surface area (Å²) in [4.78, 5) is 39.5. The van der Waals surface area contributed by atoms with Crippen molar-refractivity contribution in [3.63, 3.8) is 0 Å². The predicted octanol–water partition coefficient (Wildman–Crippen LogP) is 1.89. The molecule has 2 rings (SSSR count). The quantitative estimate of drug-likeness (QED) is 0.633. The molecule has 0 saturated heterocycles. The zero-order valence-corrected chi connectivity index (χ0v) is 12.0. The van der Waals surface area contributed by atoms with Crippen molar-refractivity contribution < 1.29 is 23.9 Å². The van der Waals surface area contributed by atoms with Gasteiger partial charge in [0.15, 0.2) is 0 Å². The van der Waals surface area contributed by atoms with Crippen molar-refractivity contribution in [3.8, 4) is 0 Å². The lowest BCUT2D eigenvalue weighted by molar-refractivity contribution is 0.0590. The molecule has 0 aliphatic rings. The van der Waals surface area contributed by atoms with E-state index < -0.39 is 17.7 Å². The summed E-state index contributed by atoms with van der Waals surface area (Å²) in [5.74, 6) is -1.56. The Balaban J connectivity index is 2.37. The summed E-state index contributed by atoms with van der Waals surface area (Å²) in [6, 6.07) is 8.91. The maximum Gasteiger partial charge on any atom is 0.340 e. The molecule has 0 aliphatic heterocycles. The monoisotopic (exact) mass is 299 g/mol. The molecular formula is C16H13NO5. The highest BCUT2D eigenvalue weighted by Crippen LogP contribution is 2.14. The number of ether oxygens (including phenoxy) is 2. The second-order valence-electron chi connectivity index (χ2n) is 4.29. The van der Waals surface area contributed by atoms with Gasteiger partial charge in [-0.1, -0.05) is 12.1 Å². The molecule has 0 radical (unpaired) electrons. The maximum absolute atomic E-state index is 12.5. The molecule has 6 heteroatoms. The van der Waals surface area contributed by atoms with Gasteiger partial charge in [0, 0.05) is 11.8 Å². The number of ketones is 1. The fourth-order valence-electron chi connectivity index (χ4n) is 1.87. The van der Waals surface area contributed by atoms with E-state index in [9.17, 15) is 14.4 Å². The Hall–Kier alpha value is -3.02. The van der Waals surface area contributed by atoms with Crippen LogP contribution >= 0.6 is 0 Å². The maximum atomic E-state index is 12.5. The van der Waals surface area contributed by atoms with Gasteiger partial charge in [-0.15, -0.1) is 0 Å². The predicted molar refractivity (Wildman–Crippen MR) is 76.8 cm³/mol. The van der Waals surface area contributed by atoms with Crippen molar-refractivity contribution in [3.05, 3.63) is 65.0 Å². The van der Waals surface area contributed by atoms with E-state index in [-0.39, 0.29) is 11.3 Å². The summed E-state index contributed by atoms with van der Waals surface area (Å²) >= 11 is 0. The standard InChI is InChI=1S/C16H13NO5/c1-21-15(19)11-7-5-10(6-8-11)14(18)13-12(16(20)22-2)4-3-9-17-13/h3-9H,1-2H3. The molecule has 2 aromatic rings. The van der Waals surface area contributed by atoms with Gasteiger partial charge in [0.05, 0.1) is 25.3 Å². The van der Waals surface area contributed by atoms with Gasteiger partial charge < -0.3 is 9.47 Å². The highest BCUT2D eigenvalue weighted by molar-refractivity contribution is 6.13. The van der Waals surface area contributed by atoms with E-state index in [1.165, 1.54) is 50.7 Å². The van der Waals surface area contributed by atoms with Crippen molar-refractivity contribution in [2.45, 2.75) is 0 Å². The minimum absolute atomic E-state index is 0.000156. The van der Waals surface area contributed by atoms with Crippen LogP contribution in [0.1, 0.15) is 36.8 Å². The third-order valence-corrected chi connectivity index (χ3v) is 3.00. The first-order valence-electron chi connectivity index (χ1n) is 6.35. The van der Waals surface area contributed by atoms with Crippen molar-refractivity contribution in [1.29, 1.82) is 0 Å². The van der Waals surface area contributed by atoms with Gasteiger partial charge in [-0.2, -0.15) is 0 Å². The molecule has 0 bridgehead atoms. The van der Waals surface area contributed by atoms with Crippen LogP contribution in [0.3, 0.4) is 0 Å². The first-order valence-corrected chi connectivity index (χ1v) is 6.35. The average molecular weight is 299 g/mol. The summed E-state index contributed by atoms with van der Waals surface area (Å²) in [6.07, 6.45) is 1.42. The van der Waals surface area contributed by atoms with Gasteiger partial charge in [-0.25, -0.2) is 9.59 Å². The van der Waals surface area contributed by atoms with Crippen LogP contribution in [0.4, 0.5) is 0 Å². The number of carbonyl (C=O) groups is 3. The topological polar surface area (TPSA) is 82.6 Å². The van der Waals surface area contributed by atoms with E-state index in [0.717, 1.165) is 0 Å². The van der Waals surface area contributed by atoms with Crippen molar-refractivity contribution >= 4 is 17.7 Å². The zero-order chi connectivity index (χ0) is 16.1. The fraction of sp³-hybridized carbons (Fsp3) is 0.125. The Bertz CT molecular complexity index is 722. The number of rotatable bonds is 4. The van der Waals surface area contributed by atoms with E-state index in [2.05, 4.69) is 14.5 Å². The number of carbonyl (C=O) groups excluding carboxylic acids is 3. The van der Waals surface area contributed by atoms with Crippen LogP contribution in [0.25, 0.3) is 0 Å². The lowest BCUT2D eigenvalue weighted by Crippen LogP contribution is -2.13. The molecule has 1 heterocycles. The van der Waals surface area contributed by atoms with Crippen LogP contribution in [-0.2, 0) is 9.47 Å². The molecule has 0 saturated carbocycles. The second kappa shape index (κ2) is 6.62. The summed E-state index contributed by atoms with van der Waals surface area (Å²) in [7, 11) is 2.51. The molecule has 0 unspecified atom stereocenters. The molecule has 112 valence electrons. The zero-order valence-electron chi connectivity index (χ0n) is 12.0. The number of benzene rings is 1. The minimum atomic E-state index is -0.636. The molecule has 0 spiro atoms. The van der Waals surface area contributed by atoms with Crippen LogP contribution in [-0.4, -0.2) is 36.9 Å². The van der Waals surface area contributed by atoms with Gasteiger partial charge in [-0.3, -0.25) is 9.78 Å². The lowest BCUT2D eigenvalue weighted by atomic mass is 10.0. The molecule has 1 aromatic heterocycles. The molecule has 6 nitrogen and oxygen atoms in total. The van der Waals surface area contributed by atoms with Crippen molar-refractivity contribution in [1.82, 2.24) is 4.98 Å². The first kappa shape index (κ1) is 15.4. The molecule has 1 aromatic carbocycles. The van der Waals surface area contributed by atoms with E-state index in [1.54, 1.807) is 6.07 Å². The third kappa shape index (κ3) is 3.01. The number of aromatic nitrogens is 1. The molecule has 0 amide bonds. The Morgan fingerprint density at radius 2 is 1.45 bits per heavy atom. The van der Waals surface area contributed by atoms with Gasteiger partial charge in [0.25, 0.3) is 0 Å². The molecule has 0 fully saturated rings. The van der Waals surface area contributed by atoms with Crippen LogP contribution in [0, 0.1) is 0 Å². The summed E-state index contributed by atoms with van der Waals surface area (Å²) in [5.41, 5.74) is 0.719. The van der Waals surface area contributed by atoms with Gasteiger partial charge >= 0.3 is 11.9 Å². The second-order valence-corrected chi connectivity index (χ2v) is 4.29. The SMILES string of the molecule is COC(=O)c1ccc(C(=O)c2ncccc2C(=O)OC)cc1. The molecule has 0 aliphatic carbocycles.